The topological polar surface area (TPSA) is 29.1 Å². The first kappa shape index (κ1) is 13.1. The lowest BCUT2D eigenvalue weighted by molar-refractivity contribution is -0.116. The predicted molar refractivity (Wildman–Crippen MR) is 75.4 cm³/mol. The van der Waals surface area contributed by atoms with E-state index in [0.29, 0.717) is 6.42 Å². The molecule has 98 valence electrons. The Hall–Kier alpha value is -1.31. The number of benzene rings is 1. The molecule has 1 N–H and O–H groups in total. The van der Waals surface area contributed by atoms with Crippen LogP contribution in [0.15, 0.2) is 30.3 Å². The molecule has 1 aliphatic rings. The predicted octanol–water partition coefficient (Wildman–Crippen LogP) is 4.09. The lowest BCUT2D eigenvalue weighted by Crippen LogP contribution is -2.15. The van der Waals surface area contributed by atoms with Crippen LogP contribution in [0.3, 0.4) is 0 Å². The van der Waals surface area contributed by atoms with Gasteiger partial charge in [-0.3, -0.25) is 4.79 Å². The zero-order valence-electron chi connectivity index (χ0n) is 11.4. The van der Waals surface area contributed by atoms with Crippen molar-refractivity contribution in [2.24, 2.45) is 17.8 Å². The number of anilines is 1. The second-order valence-corrected chi connectivity index (χ2v) is 5.63. The SMILES string of the molecule is C[C@H]1[C@@H](CCC(=O)Nc2ccccc2)CC[C@H]1C. The molecule has 1 aromatic carbocycles. The van der Waals surface area contributed by atoms with E-state index in [0.717, 1.165) is 29.9 Å². The van der Waals surface area contributed by atoms with E-state index in [1.165, 1.54) is 12.8 Å². The van der Waals surface area contributed by atoms with E-state index < -0.39 is 0 Å². The highest BCUT2D eigenvalue weighted by molar-refractivity contribution is 5.90. The van der Waals surface area contributed by atoms with Gasteiger partial charge in [0.15, 0.2) is 0 Å². The fourth-order valence-electron chi connectivity index (χ4n) is 2.94. The van der Waals surface area contributed by atoms with Gasteiger partial charge in [0.1, 0.15) is 0 Å². The molecule has 0 aliphatic heterocycles. The fraction of sp³-hybridized carbons (Fsp3) is 0.562. The molecular weight excluding hydrogens is 222 g/mol. The fourth-order valence-corrected chi connectivity index (χ4v) is 2.94. The first-order valence-corrected chi connectivity index (χ1v) is 7.01. The first-order chi connectivity index (χ1) is 8.66. The van der Waals surface area contributed by atoms with Crippen LogP contribution in [0.1, 0.15) is 39.5 Å². The van der Waals surface area contributed by atoms with E-state index in [2.05, 4.69) is 19.2 Å². The molecule has 0 spiro atoms. The molecule has 0 heterocycles. The number of amides is 1. The molecule has 18 heavy (non-hydrogen) atoms. The summed E-state index contributed by atoms with van der Waals surface area (Å²) in [5, 5.41) is 2.95. The molecule has 0 aromatic heterocycles. The lowest BCUT2D eigenvalue weighted by atomic mass is 9.89. The standard InChI is InChI=1S/C16H23NO/c1-12-8-9-14(13(12)2)10-11-16(18)17-15-6-4-3-5-7-15/h3-7,12-14H,8-11H2,1-2H3,(H,17,18)/t12-,13-,14-/m1/s1. The largest absolute Gasteiger partial charge is 0.326 e. The van der Waals surface area contributed by atoms with Crippen molar-refractivity contribution < 1.29 is 4.79 Å². The molecule has 3 atom stereocenters. The lowest BCUT2D eigenvalue weighted by Gasteiger charge is -2.17. The highest BCUT2D eigenvalue weighted by Gasteiger charge is 2.29. The summed E-state index contributed by atoms with van der Waals surface area (Å²) in [6, 6.07) is 9.69. The van der Waals surface area contributed by atoms with Crippen LogP contribution in [0.5, 0.6) is 0 Å². The molecule has 0 radical (unpaired) electrons. The van der Waals surface area contributed by atoms with E-state index in [1.54, 1.807) is 0 Å². The highest BCUT2D eigenvalue weighted by Crippen LogP contribution is 2.38. The number of nitrogens with one attached hydrogen (secondary N) is 1. The van der Waals surface area contributed by atoms with E-state index in [1.807, 2.05) is 30.3 Å². The molecule has 1 amide bonds. The maximum Gasteiger partial charge on any atom is 0.224 e. The van der Waals surface area contributed by atoms with Gasteiger partial charge in [-0.25, -0.2) is 0 Å². The van der Waals surface area contributed by atoms with E-state index in [9.17, 15) is 4.79 Å². The quantitative estimate of drug-likeness (QED) is 0.850. The summed E-state index contributed by atoms with van der Waals surface area (Å²) in [6.45, 7) is 4.66. The van der Waals surface area contributed by atoms with Gasteiger partial charge in [-0.1, -0.05) is 38.5 Å². The summed E-state index contributed by atoms with van der Waals surface area (Å²) in [4.78, 5) is 11.8. The third-order valence-corrected chi connectivity index (χ3v) is 4.43. The van der Waals surface area contributed by atoms with Gasteiger partial charge >= 0.3 is 0 Å². The maximum absolute atomic E-state index is 11.8. The number of carbonyl (C=O) groups excluding carboxylic acids is 1. The van der Waals surface area contributed by atoms with Crippen molar-refractivity contribution in [3.63, 3.8) is 0 Å². The van der Waals surface area contributed by atoms with Gasteiger partial charge in [-0.05, 0) is 42.7 Å². The van der Waals surface area contributed by atoms with Crippen molar-refractivity contribution in [3.8, 4) is 0 Å². The Bertz CT molecular complexity index is 387. The molecule has 2 nitrogen and oxygen atoms in total. The first-order valence-electron chi connectivity index (χ1n) is 7.01. The number of para-hydroxylation sites is 1. The van der Waals surface area contributed by atoms with Gasteiger partial charge in [-0.2, -0.15) is 0 Å². The van der Waals surface area contributed by atoms with Crippen molar-refractivity contribution in [2.75, 3.05) is 5.32 Å². The Balaban J connectivity index is 1.76. The van der Waals surface area contributed by atoms with Crippen LogP contribution in [-0.4, -0.2) is 5.91 Å². The number of hydrogen-bond donors (Lipinski definition) is 1. The minimum absolute atomic E-state index is 0.146. The monoisotopic (exact) mass is 245 g/mol. The van der Waals surface area contributed by atoms with Crippen LogP contribution in [0, 0.1) is 17.8 Å². The number of hydrogen-bond acceptors (Lipinski definition) is 1. The Morgan fingerprint density at radius 2 is 1.94 bits per heavy atom. The van der Waals surface area contributed by atoms with Gasteiger partial charge in [0.05, 0.1) is 0 Å². The zero-order valence-corrected chi connectivity index (χ0v) is 11.4. The zero-order chi connectivity index (χ0) is 13.0. The van der Waals surface area contributed by atoms with E-state index in [-0.39, 0.29) is 5.91 Å². The summed E-state index contributed by atoms with van der Waals surface area (Å²) in [5.41, 5.74) is 0.898. The van der Waals surface area contributed by atoms with Gasteiger partial charge in [-0.15, -0.1) is 0 Å². The Kier molecular flexibility index (Phi) is 4.40. The molecule has 1 fully saturated rings. The van der Waals surface area contributed by atoms with E-state index >= 15 is 0 Å². The molecule has 1 aliphatic carbocycles. The highest BCUT2D eigenvalue weighted by atomic mass is 16.1. The Morgan fingerprint density at radius 1 is 1.22 bits per heavy atom. The van der Waals surface area contributed by atoms with Crippen LogP contribution >= 0.6 is 0 Å². The molecular formula is C16H23NO. The van der Waals surface area contributed by atoms with Gasteiger partial charge < -0.3 is 5.32 Å². The Labute approximate surface area is 110 Å². The molecule has 2 heteroatoms. The third kappa shape index (κ3) is 3.34. The molecule has 1 aromatic rings. The van der Waals surface area contributed by atoms with Crippen LogP contribution < -0.4 is 5.32 Å². The third-order valence-electron chi connectivity index (χ3n) is 4.43. The van der Waals surface area contributed by atoms with Gasteiger partial charge in [0.2, 0.25) is 5.91 Å². The van der Waals surface area contributed by atoms with Crippen LogP contribution in [0.25, 0.3) is 0 Å². The molecule has 0 unspecified atom stereocenters. The van der Waals surface area contributed by atoms with Crippen molar-refractivity contribution in [1.29, 1.82) is 0 Å². The maximum atomic E-state index is 11.8. The van der Waals surface area contributed by atoms with Crippen molar-refractivity contribution in [2.45, 2.75) is 39.5 Å². The smallest absolute Gasteiger partial charge is 0.224 e. The number of rotatable bonds is 4. The summed E-state index contributed by atoms with van der Waals surface area (Å²) in [5.74, 6) is 2.48. The molecule has 1 saturated carbocycles. The van der Waals surface area contributed by atoms with Crippen molar-refractivity contribution >= 4 is 11.6 Å². The minimum Gasteiger partial charge on any atom is -0.326 e. The van der Waals surface area contributed by atoms with Crippen LogP contribution in [0.2, 0.25) is 0 Å². The normalized spacial score (nSPS) is 27.1. The van der Waals surface area contributed by atoms with Crippen LogP contribution in [0.4, 0.5) is 5.69 Å². The van der Waals surface area contributed by atoms with Crippen molar-refractivity contribution in [3.05, 3.63) is 30.3 Å². The summed E-state index contributed by atoms with van der Waals surface area (Å²) in [6.07, 6.45) is 4.30. The second-order valence-electron chi connectivity index (χ2n) is 5.63. The number of carbonyl (C=O) groups is 1. The van der Waals surface area contributed by atoms with Crippen molar-refractivity contribution in [1.82, 2.24) is 0 Å². The summed E-state index contributed by atoms with van der Waals surface area (Å²) in [7, 11) is 0. The average Bonchev–Trinajstić information content (AvgIpc) is 2.69. The molecule has 0 bridgehead atoms. The van der Waals surface area contributed by atoms with Gasteiger partial charge in [0.25, 0.3) is 0 Å². The van der Waals surface area contributed by atoms with Crippen LogP contribution in [-0.2, 0) is 4.79 Å². The average molecular weight is 245 g/mol. The molecule has 2 rings (SSSR count). The summed E-state index contributed by atoms with van der Waals surface area (Å²) < 4.78 is 0. The Morgan fingerprint density at radius 3 is 2.56 bits per heavy atom. The van der Waals surface area contributed by atoms with E-state index in [4.69, 9.17) is 0 Å². The second kappa shape index (κ2) is 6.03. The molecule has 0 saturated heterocycles. The minimum atomic E-state index is 0.146. The van der Waals surface area contributed by atoms with Gasteiger partial charge in [0, 0.05) is 12.1 Å². The summed E-state index contributed by atoms with van der Waals surface area (Å²) >= 11 is 0.